The lowest BCUT2D eigenvalue weighted by molar-refractivity contribution is 0.415. The molecule has 15 heavy (non-hydrogen) atoms. The topological polar surface area (TPSA) is 47.6 Å². The number of ether oxygens (including phenoxy) is 1. The van der Waals surface area contributed by atoms with E-state index >= 15 is 0 Å². The van der Waals surface area contributed by atoms with E-state index in [0.717, 1.165) is 5.75 Å². The standard InChI is InChI=1S/C11H15ClN2O/c1-7(2)11(13)14-10-6-8(15-3)4-5-9(10)12/h4-7H,1-3H3,(H2,13,14). The van der Waals surface area contributed by atoms with E-state index in [-0.39, 0.29) is 5.92 Å². The van der Waals surface area contributed by atoms with Crippen LogP contribution in [0, 0.1) is 5.92 Å². The van der Waals surface area contributed by atoms with Crippen LogP contribution in [0.15, 0.2) is 23.2 Å². The molecule has 0 saturated carbocycles. The average molecular weight is 227 g/mol. The number of benzene rings is 1. The fourth-order valence-corrected chi connectivity index (χ4v) is 1.13. The number of methoxy groups -OCH3 is 1. The molecule has 82 valence electrons. The van der Waals surface area contributed by atoms with E-state index < -0.39 is 0 Å². The van der Waals surface area contributed by atoms with Gasteiger partial charge < -0.3 is 10.5 Å². The second-order valence-corrected chi connectivity index (χ2v) is 3.92. The maximum atomic E-state index is 5.98. The molecule has 0 aromatic heterocycles. The van der Waals surface area contributed by atoms with E-state index in [1.807, 2.05) is 13.8 Å². The minimum Gasteiger partial charge on any atom is -0.497 e. The van der Waals surface area contributed by atoms with Gasteiger partial charge in [0.05, 0.1) is 17.8 Å². The van der Waals surface area contributed by atoms with Crippen LogP contribution in [0.3, 0.4) is 0 Å². The molecule has 2 N–H and O–H groups in total. The number of halogens is 1. The summed E-state index contributed by atoms with van der Waals surface area (Å²) in [5.74, 6) is 1.48. The molecule has 1 aromatic rings. The highest BCUT2D eigenvalue weighted by Crippen LogP contribution is 2.29. The largest absolute Gasteiger partial charge is 0.497 e. The molecule has 0 spiro atoms. The highest BCUT2D eigenvalue weighted by atomic mass is 35.5. The van der Waals surface area contributed by atoms with Crippen LogP contribution in [-0.4, -0.2) is 12.9 Å². The predicted octanol–water partition coefficient (Wildman–Crippen LogP) is 2.99. The van der Waals surface area contributed by atoms with Gasteiger partial charge in [-0.05, 0) is 12.1 Å². The number of nitrogens with two attached hydrogens (primary N) is 1. The maximum absolute atomic E-state index is 5.98. The Morgan fingerprint density at radius 3 is 2.67 bits per heavy atom. The first-order valence-electron chi connectivity index (χ1n) is 4.72. The maximum Gasteiger partial charge on any atom is 0.121 e. The summed E-state index contributed by atoms with van der Waals surface area (Å²) < 4.78 is 5.08. The molecule has 0 amide bonds. The van der Waals surface area contributed by atoms with Gasteiger partial charge in [-0.25, -0.2) is 4.99 Å². The van der Waals surface area contributed by atoms with Crippen LogP contribution in [0.2, 0.25) is 5.02 Å². The zero-order chi connectivity index (χ0) is 11.4. The fraction of sp³-hybridized carbons (Fsp3) is 0.364. The van der Waals surface area contributed by atoms with Crippen molar-refractivity contribution in [1.82, 2.24) is 0 Å². The molecule has 3 nitrogen and oxygen atoms in total. The SMILES string of the molecule is COc1ccc(Cl)c(N=C(N)C(C)C)c1. The predicted molar refractivity (Wildman–Crippen MR) is 64.1 cm³/mol. The van der Waals surface area contributed by atoms with Gasteiger partial charge in [0.2, 0.25) is 0 Å². The van der Waals surface area contributed by atoms with Crippen molar-refractivity contribution in [1.29, 1.82) is 0 Å². The lowest BCUT2D eigenvalue weighted by atomic mass is 10.2. The third-order valence-electron chi connectivity index (χ3n) is 1.99. The van der Waals surface area contributed by atoms with E-state index in [1.165, 1.54) is 0 Å². The Labute approximate surface area is 94.9 Å². The molecule has 0 saturated heterocycles. The molecule has 0 radical (unpaired) electrons. The summed E-state index contributed by atoms with van der Waals surface area (Å²) in [7, 11) is 1.60. The van der Waals surface area contributed by atoms with Crippen LogP contribution in [0.1, 0.15) is 13.8 Å². The Kier molecular flexibility index (Phi) is 3.97. The number of aliphatic imine (C=N–C) groups is 1. The van der Waals surface area contributed by atoms with Crippen molar-refractivity contribution in [3.63, 3.8) is 0 Å². The van der Waals surface area contributed by atoms with Crippen LogP contribution in [-0.2, 0) is 0 Å². The molecule has 1 aromatic carbocycles. The Bertz CT molecular complexity index is 375. The monoisotopic (exact) mass is 226 g/mol. The van der Waals surface area contributed by atoms with E-state index in [9.17, 15) is 0 Å². The van der Waals surface area contributed by atoms with Gasteiger partial charge in [0.25, 0.3) is 0 Å². The molecule has 0 aliphatic rings. The van der Waals surface area contributed by atoms with Crippen LogP contribution in [0.4, 0.5) is 5.69 Å². The van der Waals surface area contributed by atoms with Crippen LogP contribution in [0.25, 0.3) is 0 Å². The van der Waals surface area contributed by atoms with Crippen LogP contribution in [0.5, 0.6) is 5.75 Å². The summed E-state index contributed by atoms with van der Waals surface area (Å²) in [6.07, 6.45) is 0. The van der Waals surface area contributed by atoms with Gasteiger partial charge in [-0.2, -0.15) is 0 Å². The summed E-state index contributed by atoms with van der Waals surface area (Å²) in [5.41, 5.74) is 6.40. The Balaban J connectivity index is 3.08. The Morgan fingerprint density at radius 1 is 1.47 bits per heavy atom. The van der Waals surface area contributed by atoms with Gasteiger partial charge in [0.15, 0.2) is 0 Å². The summed E-state index contributed by atoms with van der Waals surface area (Å²) in [4.78, 5) is 4.25. The third kappa shape index (κ3) is 3.13. The lowest BCUT2D eigenvalue weighted by Gasteiger charge is -2.06. The van der Waals surface area contributed by atoms with Crippen molar-refractivity contribution in [3.8, 4) is 5.75 Å². The second-order valence-electron chi connectivity index (χ2n) is 3.51. The quantitative estimate of drug-likeness (QED) is 0.636. The molecule has 0 aliphatic carbocycles. The second kappa shape index (κ2) is 5.03. The summed E-state index contributed by atoms with van der Waals surface area (Å²) in [6.45, 7) is 3.96. The van der Waals surface area contributed by atoms with Gasteiger partial charge >= 0.3 is 0 Å². The summed E-state index contributed by atoms with van der Waals surface area (Å²) in [6, 6.07) is 5.29. The van der Waals surface area contributed by atoms with Crippen molar-refractivity contribution in [2.75, 3.05) is 7.11 Å². The number of rotatable bonds is 3. The van der Waals surface area contributed by atoms with E-state index in [0.29, 0.717) is 16.5 Å². The van der Waals surface area contributed by atoms with Gasteiger partial charge in [0.1, 0.15) is 11.6 Å². The van der Waals surface area contributed by atoms with Crippen molar-refractivity contribution < 1.29 is 4.74 Å². The molecule has 0 bridgehead atoms. The van der Waals surface area contributed by atoms with Crippen LogP contribution < -0.4 is 10.5 Å². The average Bonchev–Trinajstić information content (AvgIpc) is 2.21. The molecule has 0 heterocycles. The zero-order valence-corrected chi connectivity index (χ0v) is 9.88. The first kappa shape index (κ1) is 11.9. The molecular formula is C11H15ClN2O. The molecule has 0 fully saturated rings. The Hall–Kier alpha value is -1.22. The smallest absolute Gasteiger partial charge is 0.121 e. The van der Waals surface area contributed by atoms with Gasteiger partial charge in [0, 0.05) is 12.0 Å². The zero-order valence-electron chi connectivity index (χ0n) is 9.12. The molecular weight excluding hydrogens is 212 g/mol. The molecule has 0 atom stereocenters. The van der Waals surface area contributed by atoms with E-state index in [4.69, 9.17) is 22.1 Å². The van der Waals surface area contributed by atoms with Crippen molar-refractivity contribution >= 4 is 23.1 Å². The van der Waals surface area contributed by atoms with Gasteiger partial charge in [-0.15, -0.1) is 0 Å². The highest BCUT2D eigenvalue weighted by Gasteiger charge is 2.04. The first-order valence-corrected chi connectivity index (χ1v) is 5.10. The Morgan fingerprint density at radius 2 is 2.13 bits per heavy atom. The van der Waals surface area contributed by atoms with E-state index in [2.05, 4.69) is 4.99 Å². The highest BCUT2D eigenvalue weighted by molar-refractivity contribution is 6.33. The normalized spacial score (nSPS) is 11.9. The third-order valence-corrected chi connectivity index (χ3v) is 2.31. The van der Waals surface area contributed by atoms with Crippen LogP contribution >= 0.6 is 11.6 Å². The fourth-order valence-electron chi connectivity index (χ4n) is 0.973. The van der Waals surface area contributed by atoms with Gasteiger partial charge in [-0.3, -0.25) is 0 Å². The lowest BCUT2D eigenvalue weighted by Crippen LogP contribution is -2.18. The van der Waals surface area contributed by atoms with Gasteiger partial charge in [-0.1, -0.05) is 25.4 Å². The minimum absolute atomic E-state index is 0.201. The number of amidine groups is 1. The molecule has 0 aliphatic heterocycles. The molecule has 1 rings (SSSR count). The first-order chi connectivity index (χ1) is 7.04. The summed E-state index contributed by atoms with van der Waals surface area (Å²) in [5, 5.41) is 0.569. The summed E-state index contributed by atoms with van der Waals surface area (Å²) >= 11 is 5.98. The minimum atomic E-state index is 0.201. The number of nitrogens with zero attached hydrogens (tertiary/aromatic N) is 1. The van der Waals surface area contributed by atoms with E-state index in [1.54, 1.807) is 25.3 Å². The molecule has 4 heteroatoms. The van der Waals surface area contributed by atoms with Crippen molar-refractivity contribution in [2.45, 2.75) is 13.8 Å². The van der Waals surface area contributed by atoms with Crippen molar-refractivity contribution in [2.24, 2.45) is 16.6 Å². The number of hydrogen-bond acceptors (Lipinski definition) is 2. The number of hydrogen-bond donors (Lipinski definition) is 1. The molecule has 0 unspecified atom stereocenters. The van der Waals surface area contributed by atoms with Crippen molar-refractivity contribution in [3.05, 3.63) is 23.2 Å².